The molecule has 0 unspecified atom stereocenters. The Labute approximate surface area is 427 Å². The molecule has 4 amide bonds. The van der Waals surface area contributed by atoms with Crippen LogP contribution in [0.2, 0.25) is 0 Å². The van der Waals surface area contributed by atoms with E-state index in [1.807, 2.05) is 13.8 Å². The van der Waals surface area contributed by atoms with Crippen molar-refractivity contribution in [3.63, 3.8) is 0 Å². The van der Waals surface area contributed by atoms with Gasteiger partial charge in [-0.3, -0.25) is 9.44 Å². The second-order valence-corrected chi connectivity index (χ2v) is 22.8. The van der Waals surface area contributed by atoms with Crippen molar-refractivity contribution in [1.29, 1.82) is 0 Å². The maximum atomic E-state index is 13.3. The van der Waals surface area contributed by atoms with E-state index in [0.717, 1.165) is 11.1 Å². The number of sulfonamides is 2. The second-order valence-electron chi connectivity index (χ2n) is 16.3. The van der Waals surface area contributed by atoms with Crippen molar-refractivity contribution < 1.29 is 51.6 Å². The van der Waals surface area contributed by atoms with Gasteiger partial charge in [0.2, 0.25) is 0 Å². The van der Waals surface area contributed by atoms with Crippen LogP contribution in [-0.4, -0.2) is 45.7 Å². The third-order valence-electron chi connectivity index (χ3n) is 10.7. The molecule has 8 aromatic carbocycles. The summed E-state index contributed by atoms with van der Waals surface area (Å²) >= 11 is 0. The van der Waals surface area contributed by atoms with E-state index in [1.165, 1.54) is 170 Å². The molecule has 0 aliphatic heterocycles. The van der Waals surface area contributed by atoms with Gasteiger partial charge in [-0.25, -0.2) is 26.4 Å². The Morgan fingerprint density at radius 1 is 0.338 bits per heavy atom. The monoisotopic (exact) mass is 1070 g/mol. The highest BCUT2D eigenvalue weighted by Crippen LogP contribution is 2.29. The SMILES string of the molecule is Cc1ccc(S(=O)(=O)Nc2ccc(NC(=O)Nc3cccc(OS(=O)(=O)c4ccc(-c5ccc(S(=O)(=O)Oc6cccc(NC(=O)Nc7ccc(NS(=O)(=O)c8ccc(C)cc8)cc7)c6)cc5)cc4)c3)cc2)cc1. The van der Waals surface area contributed by atoms with Crippen LogP contribution in [-0.2, 0) is 40.3 Å². The zero-order chi connectivity index (χ0) is 52.7. The second kappa shape index (κ2) is 21.6. The Morgan fingerprint density at radius 2 is 0.635 bits per heavy atom. The van der Waals surface area contributed by atoms with E-state index >= 15 is 0 Å². The van der Waals surface area contributed by atoms with Crippen LogP contribution >= 0.6 is 0 Å². The van der Waals surface area contributed by atoms with E-state index in [9.17, 15) is 43.3 Å². The molecule has 0 spiro atoms. The molecule has 18 nitrogen and oxygen atoms in total. The van der Waals surface area contributed by atoms with Crippen molar-refractivity contribution in [2.45, 2.75) is 33.4 Å². The minimum absolute atomic E-state index is 0.0891. The van der Waals surface area contributed by atoms with Crippen LogP contribution < -0.4 is 39.1 Å². The lowest BCUT2D eigenvalue weighted by atomic mass is 10.1. The molecule has 0 fully saturated rings. The van der Waals surface area contributed by atoms with Gasteiger partial charge in [-0.1, -0.05) is 71.8 Å². The molecule has 8 rings (SSSR count). The molecule has 0 radical (unpaired) electrons. The number of benzene rings is 8. The summed E-state index contributed by atoms with van der Waals surface area (Å²) in [5.74, 6) is -0.178. The Morgan fingerprint density at radius 3 is 0.973 bits per heavy atom. The van der Waals surface area contributed by atoms with Crippen LogP contribution in [0.15, 0.2) is 214 Å². The molecule has 0 bridgehead atoms. The molecule has 8 aromatic rings. The molecule has 6 N–H and O–H groups in total. The number of carbonyl (C=O) groups excluding carboxylic acids is 2. The first kappa shape index (κ1) is 51.6. The van der Waals surface area contributed by atoms with Crippen molar-refractivity contribution in [3.8, 4) is 22.6 Å². The molecule has 0 aliphatic rings. The first-order chi connectivity index (χ1) is 35.2. The van der Waals surface area contributed by atoms with Gasteiger partial charge in [-0.05, 0) is 146 Å². The molecule has 0 atom stereocenters. The van der Waals surface area contributed by atoms with E-state index in [2.05, 4.69) is 30.7 Å². The van der Waals surface area contributed by atoms with Gasteiger partial charge in [0.05, 0.1) is 9.79 Å². The Bertz CT molecular complexity index is 3560. The van der Waals surface area contributed by atoms with Gasteiger partial charge in [0.15, 0.2) is 0 Å². The molecule has 74 heavy (non-hydrogen) atoms. The third-order valence-corrected chi connectivity index (χ3v) is 16.0. The first-order valence-electron chi connectivity index (χ1n) is 22.0. The standard InChI is InChI=1S/C52H44N6O12S4/c1-35-9-25-47(26-10-35)71(61,62)57-41-21-17-39(18-22-41)53-51(59)55-43-5-3-7-45(33-43)69-73(65,66)49-29-13-37(14-30-49)38-15-31-50(32-16-38)74(67,68)70-46-8-4-6-44(34-46)56-52(60)54-40-19-23-42(24-20-40)58-72(63,64)48-27-11-36(2)12-28-48/h3-34,57-58H,1-2H3,(H2,53,55,59)(H2,54,56,60). The zero-order valence-electron chi connectivity index (χ0n) is 39.0. The minimum Gasteiger partial charge on any atom is -0.379 e. The number of urea groups is 2. The first-order valence-corrected chi connectivity index (χ1v) is 27.8. The highest BCUT2D eigenvalue weighted by molar-refractivity contribution is 7.93. The zero-order valence-corrected chi connectivity index (χ0v) is 42.3. The normalized spacial score (nSPS) is 11.6. The van der Waals surface area contributed by atoms with Crippen molar-refractivity contribution in [3.05, 3.63) is 205 Å². The van der Waals surface area contributed by atoms with Crippen LogP contribution in [0.25, 0.3) is 11.1 Å². The van der Waals surface area contributed by atoms with Crippen LogP contribution in [0.5, 0.6) is 11.5 Å². The lowest BCUT2D eigenvalue weighted by Crippen LogP contribution is -2.19. The van der Waals surface area contributed by atoms with Gasteiger partial charge in [0, 0.05) is 46.3 Å². The summed E-state index contributed by atoms with van der Waals surface area (Å²) in [4.78, 5) is 25.5. The average molecular weight is 1070 g/mol. The smallest absolute Gasteiger partial charge is 0.339 e. The van der Waals surface area contributed by atoms with Gasteiger partial charge in [-0.2, -0.15) is 16.8 Å². The fourth-order valence-electron chi connectivity index (χ4n) is 6.92. The van der Waals surface area contributed by atoms with Crippen molar-refractivity contribution in [1.82, 2.24) is 0 Å². The Kier molecular flexibility index (Phi) is 15.1. The fraction of sp³-hybridized carbons (Fsp3) is 0.0385. The fourth-order valence-corrected chi connectivity index (χ4v) is 10.9. The van der Waals surface area contributed by atoms with E-state index in [1.54, 1.807) is 24.3 Å². The number of rotatable bonds is 17. The summed E-state index contributed by atoms with van der Waals surface area (Å²) in [5.41, 5.74) is 4.62. The average Bonchev–Trinajstić information content (AvgIpc) is 3.35. The maximum Gasteiger partial charge on any atom is 0.339 e. The van der Waals surface area contributed by atoms with E-state index < -0.39 is 52.3 Å². The quantitative estimate of drug-likeness (QED) is 0.0465. The molecule has 0 saturated heterocycles. The summed E-state index contributed by atoms with van der Waals surface area (Å²) in [7, 11) is -16.4. The molecule has 0 aromatic heterocycles. The number of hydrogen-bond acceptors (Lipinski definition) is 12. The van der Waals surface area contributed by atoms with Gasteiger partial charge in [0.1, 0.15) is 21.3 Å². The molecule has 0 aliphatic carbocycles. The van der Waals surface area contributed by atoms with Crippen LogP contribution in [0.4, 0.5) is 43.7 Å². The van der Waals surface area contributed by atoms with Crippen molar-refractivity contribution in [2.24, 2.45) is 0 Å². The van der Waals surface area contributed by atoms with Gasteiger partial charge in [-0.15, -0.1) is 0 Å². The highest BCUT2D eigenvalue weighted by atomic mass is 32.2. The molecule has 22 heteroatoms. The van der Waals surface area contributed by atoms with Crippen LogP contribution in [0, 0.1) is 13.8 Å². The summed E-state index contributed by atoms with van der Waals surface area (Å²) in [5, 5.41) is 10.4. The molecule has 378 valence electrons. The predicted octanol–water partition coefficient (Wildman–Crippen LogP) is 10.4. The largest absolute Gasteiger partial charge is 0.379 e. The predicted molar refractivity (Wildman–Crippen MR) is 283 cm³/mol. The van der Waals surface area contributed by atoms with Crippen molar-refractivity contribution >= 4 is 86.5 Å². The highest BCUT2D eigenvalue weighted by Gasteiger charge is 2.21. The van der Waals surface area contributed by atoms with Gasteiger partial charge >= 0.3 is 32.3 Å². The van der Waals surface area contributed by atoms with Gasteiger partial charge in [0.25, 0.3) is 20.0 Å². The molecule has 0 heterocycles. The molecular formula is C52H44N6O12S4. The Balaban J connectivity index is 0.815. The van der Waals surface area contributed by atoms with Crippen molar-refractivity contribution in [2.75, 3.05) is 30.7 Å². The summed E-state index contributed by atoms with van der Waals surface area (Å²) in [6, 6.07) is 46.2. The molecule has 0 saturated carbocycles. The van der Waals surface area contributed by atoms with E-state index in [4.69, 9.17) is 8.37 Å². The summed E-state index contributed by atoms with van der Waals surface area (Å²) in [6.45, 7) is 3.70. The summed E-state index contributed by atoms with van der Waals surface area (Å²) < 4.78 is 120. The van der Waals surface area contributed by atoms with E-state index in [-0.39, 0.29) is 53.8 Å². The lowest BCUT2D eigenvalue weighted by Gasteiger charge is -2.12. The number of anilines is 6. The topological polar surface area (TPSA) is 261 Å². The number of hydrogen-bond donors (Lipinski definition) is 6. The minimum atomic E-state index is -4.36. The third kappa shape index (κ3) is 13.4. The number of nitrogens with one attached hydrogen (secondary N) is 6. The number of amides is 4. The Hall–Kier alpha value is -8.70. The maximum absolute atomic E-state index is 13.3. The van der Waals surface area contributed by atoms with E-state index in [0.29, 0.717) is 22.5 Å². The number of aryl methyl sites for hydroxylation is 2. The summed E-state index contributed by atoms with van der Waals surface area (Å²) in [6.07, 6.45) is 0. The van der Waals surface area contributed by atoms with Crippen LogP contribution in [0.3, 0.4) is 0 Å². The number of carbonyl (C=O) groups is 2. The van der Waals surface area contributed by atoms with Crippen LogP contribution in [0.1, 0.15) is 11.1 Å². The van der Waals surface area contributed by atoms with Gasteiger partial charge < -0.3 is 29.6 Å². The molecular weight excluding hydrogens is 1030 g/mol. The lowest BCUT2D eigenvalue weighted by molar-refractivity contribution is 0.261.